The molecule has 3 rings (SSSR count). The number of nitrogens with zero attached hydrogens (tertiary/aromatic N) is 1. The molecule has 7 heteroatoms. The molecule has 144 valence electrons. The van der Waals surface area contributed by atoms with E-state index >= 15 is 0 Å². The maximum absolute atomic E-state index is 12.6. The van der Waals surface area contributed by atoms with Crippen molar-refractivity contribution in [3.8, 4) is 5.75 Å². The number of benzene rings is 2. The Morgan fingerprint density at radius 2 is 2.00 bits per heavy atom. The summed E-state index contributed by atoms with van der Waals surface area (Å²) in [6.07, 6.45) is 1.98. The summed E-state index contributed by atoms with van der Waals surface area (Å²) in [5.74, 6) is 0.311. The quantitative estimate of drug-likeness (QED) is 0.568. The number of anilines is 1. The number of thiocarbonyl (C=S) groups is 1. The molecule has 0 atom stereocenters. The third kappa shape index (κ3) is 4.99. The summed E-state index contributed by atoms with van der Waals surface area (Å²) >= 11 is 6.59. The van der Waals surface area contributed by atoms with Crippen LogP contribution in [0.25, 0.3) is 6.08 Å². The zero-order chi connectivity index (χ0) is 20.1. The molecule has 0 aliphatic carbocycles. The fourth-order valence-corrected chi connectivity index (χ4v) is 3.95. The highest BCUT2D eigenvalue weighted by Gasteiger charge is 2.32. The number of ether oxygens (including phenoxy) is 1. The predicted octanol–water partition coefficient (Wildman–Crippen LogP) is 4.23. The molecule has 0 spiro atoms. The monoisotopic (exact) mass is 412 g/mol. The lowest BCUT2D eigenvalue weighted by Crippen LogP contribution is -2.31. The molecule has 0 bridgehead atoms. The molecule has 0 radical (unpaired) electrons. The lowest BCUT2D eigenvalue weighted by atomic mass is 10.1. The minimum atomic E-state index is -0.190. The Balaban J connectivity index is 1.59. The SMILES string of the molecule is COc1cccc(NC(=O)CCN2C(=O)/C(=C\c3ccc(C)cc3)SC2=S)c1. The van der Waals surface area contributed by atoms with Gasteiger partial charge in [-0.2, -0.15) is 0 Å². The first-order valence-electron chi connectivity index (χ1n) is 8.72. The van der Waals surface area contributed by atoms with Crippen molar-refractivity contribution >= 4 is 51.9 Å². The van der Waals surface area contributed by atoms with Gasteiger partial charge in [0.05, 0.1) is 12.0 Å². The fraction of sp³-hybridized carbons (Fsp3) is 0.190. The topological polar surface area (TPSA) is 58.6 Å². The first-order valence-corrected chi connectivity index (χ1v) is 9.94. The summed E-state index contributed by atoms with van der Waals surface area (Å²) in [7, 11) is 1.57. The number of hydrogen-bond donors (Lipinski definition) is 1. The van der Waals surface area contributed by atoms with Gasteiger partial charge in [-0.3, -0.25) is 14.5 Å². The van der Waals surface area contributed by atoms with Crippen LogP contribution in [0.2, 0.25) is 0 Å². The van der Waals surface area contributed by atoms with Gasteiger partial charge in [0.1, 0.15) is 10.1 Å². The van der Waals surface area contributed by atoms with Crippen LogP contribution in [-0.4, -0.2) is 34.7 Å². The number of nitrogens with one attached hydrogen (secondary N) is 1. The minimum Gasteiger partial charge on any atom is -0.497 e. The molecule has 0 unspecified atom stereocenters. The van der Waals surface area contributed by atoms with Crippen LogP contribution in [0.3, 0.4) is 0 Å². The molecular weight excluding hydrogens is 392 g/mol. The van der Waals surface area contributed by atoms with Crippen molar-refractivity contribution in [2.45, 2.75) is 13.3 Å². The lowest BCUT2D eigenvalue weighted by molar-refractivity contribution is -0.122. The fourth-order valence-electron chi connectivity index (χ4n) is 2.64. The Labute approximate surface area is 173 Å². The Kier molecular flexibility index (Phi) is 6.49. The van der Waals surface area contributed by atoms with Gasteiger partial charge in [-0.25, -0.2) is 0 Å². The Morgan fingerprint density at radius 1 is 1.25 bits per heavy atom. The number of rotatable bonds is 6. The summed E-state index contributed by atoms with van der Waals surface area (Å²) in [5.41, 5.74) is 2.75. The molecule has 2 amide bonds. The molecule has 1 heterocycles. The van der Waals surface area contributed by atoms with Crippen LogP contribution in [0.1, 0.15) is 17.5 Å². The Hall–Kier alpha value is -2.64. The van der Waals surface area contributed by atoms with E-state index in [-0.39, 0.29) is 24.8 Å². The standard InChI is InChI=1S/C21H20N2O3S2/c1-14-6-8-15(9-7-14)12-18-20(25)23(21(27)28-18)11-10-19(24)22-16-4-3-5-17(13-16)26-2/h3-9,12-13H,10-11H2,1-2H3,(H,22,24)/b18-12+. The molecule has 1 saturated heterocycles. The number of carbonyl (C=O) groups excluding carboxylic acids is 2. The molecule has 1 fully saturated rings. The summed E-state index contributed by atoms with van der Waals surface area (Å²) in [4.78, 5) is 26.9. The minimum absolute atomic E-state index is 0.154. The van der Waals surface area contributed by atoms with Crippen molar-refractivity contribution in [1.82, 2.24) is 4.90 Å². The van der Waals surface area contributed by atoms with E-state index in [9.17, 15) is 9.59 Å². The van der Waals surface area contributed by atoms with Gasteiger partial charge in [-0.05, 0) is 30.7 Å². The van der Waals surface area contributed by atoms with Crippen molar-refractivity contribution in [2.75, 3.05) is 19.0 Å². The molecule has 2 aromatic carbocycles. The van der Waals surface area contributed by atoms with Gasteiger partial charge < -0.3 is 10.1 Å². The number of methoxy groups -OCH3 is 1. The van der Waals surface area contributed by atoms with E-state index in [1.807, 2.05) is 37.3 Å². The van der Waals surface area contributed by atoms with Gasteiger partial charge in [0, 0.05) is 24.7 Å². The largest absolute Gasteiger partial charge is 0.497 e. The smallest absolute Gasteiger partial charge is 0.266 e. The van der Waals surface area contributed by atoms with Crippen molar-refractivity contribution in [3.05, 3.63) is 64.6 Å². The number of thioether (sulfide) groups is 1. The van der Waals surface area contributed by atoms with Crippen LogP contribution in [0.4, 0.5) is 5.69 Å². The lowest BCUT2D eigenvalue weighted by Gasteiger charge is -2.14. The maximum Gasteiger partial charge on any atom is 0.266 e. The zero-order valence-corrected chi connectivity index (χ0v) is 17.2. The molecule has 1 N–H and O–H groups in total. The number of hydrogen-bond acceptors (Lipinski definition) is 5. The van der Waals surface area contributed by atoms with Crippen LogP contribution >= 0.6 is 24.0 Å². The highest BCUT2D eigenvalue weighted by Crippen LogP contribution is 2.32. The van der Waals surface area contributed by atoms with E-state index < -0.39 is 0 Å². The Morgan fingerprint density at radius 3 is 2.71 bits per heavy atom. The van der Waals surface area contributed by atoms with Crippen molar-refractivity contribution in [3.63, 3.8) is 0 Å². The van der Waals surface area contributed by atoms with E-state index in [0.29, 0.717) is 20.7 Å². The molecule has 0 aromatic heterocycles. The maximum atomic E-state index is 12.6. The normalized spacial score (nSPS) is 15.2. The average molecular weight is 413 g/mol. The molecule has 28 heavy (non-hydrogen) atoms. The third-order valence-corrected chi connectivity index (χ3v) is 5.54. The predicted molar refractivity (Wildman–Crippen MR) is 117 cm³/mol. The van der Waals surface area contributed by atoms with Gasteiger partial charge in [0.25, 0.3) is 5.91 Å². The van der Waals surface area contributed by atoms with E-state index in [1.165, 1.54) is 16.7 Å². The molecule has 0 saturated carbocycles. The summed E-state index contributed by atoms with van der Waals surface area (Å²) < 4.78 is 5.61. The molecule has 5 nitrogen and oxygen atoms in total. The number of carbonyl (C=O) groups is 2. The van der Waals surface area contributed by atoms with Crippen LogP contribution < -0.4 is 10.1 Å². The van der Waals surface area contributed by atoms with Gasteiger partial charge >= 0.3 is 0 Å². The molecule has 1 aliphatic rings. The van der Waals surface area contributed by atoms with Crippen LogP contribution in [0, 0.1) is 6.92 Å². The molecule has 2 aromatic rings. The van der Waals surface area contributed by atoms with Crippen molar-refractivity contribution in [1.29, 1.82) is 0 Å². The van der Waals surface area contributed by atoms with E-state index in [0.717, 1.165) is 11.1 Å². The summed E-state index contributed by atoms with van der Waals surface area (Å²) in [5, 5.41) is 2.80. The average Bonchev–Trinajstić information content (AvgIpc) is 2.95. The van der Waals surface area contributed by atoms with Crippen LogP contribution in [-0.2, 0) is 9.59 Å². The second-order valence-electron chi connectivity index (χ2n) is 6.27. The van der Waals surface area contributed by atoms with Gasteiger partial charge in [-0.1, -0.05) is 59.9 Å². The second-order valence-corrected chi connectivity index (χ2v) is 7.95. The van der Waals surface area contributed by atoms with Gasteiger partial charge in [-0.15, -0.1) is 0 Å². The first kappa shape index (κ1) is 20.1. The molecule has 1 aliphatic heterocycles. The highest BCUT2D eigenvalue weighted by molar-refractivity contribution is 8.26. The molecular formula is C21H20N2O3S2. The highest BCUT2D eigenvalue weighted by atomic mass is 32.2. The third-order valence-electron chi connectivity index (χ3n) is 4.16. The first-order chi connectivity index (χ1) is 13.5. The second kappa shape index (κ2) is 9.03. The van der Waals surface area contributed by atoms with E-state index in [1.54, 1.807) is 31.4 Å². The van der Waals surface area contributed by atoms with Gasteiger partial charge in [0.15, 0.2) is 0 Å². The summed E-state index contributed by atoms with van der Waals surface area (Å²) in [6, 6.07) is 15.0. The Bertz CT molecular complexity index is 939. The van der Waals surface area contributed by atoms with E-state index in [4.69, 9.17) is 17.0 Å². The number of aryl methyl sites for hydroxylation is 1. The van der Waals surface area contributed by atoms with Gasteiger partial charge in [0.2, 0.25) is 5.91 Å². The van der Waals surface area contributed by atoms with Crippen LogP contribution in [0.15, 0.2) is 53.4 Å². The number of amides is 2. The van der Waals surface area contributed by atoms with E-state index in [2.05, 4.69) is 5.32 Å². The zero-order valence-electron chi connectivity index (χ0n) is 15.6. The van der Waals surface area contributed by atoms with Crippen molar-refractivity contribution in [2.24, 2.45) is 0 Å². The van der Waals surface area contributed by atoms with Crippen LogP contribution in [0.5, 0.6) is 5.75 Å². The van der Waals surface area contributed by atoms with Crippen molar-refractivity contribution < 1.29 is 14.3 Å². The summed E-state index contributed by atoms with van der Waals surface area (Å²) in [6.45, 7) is 2.26.